The van der Waals surface area contributed by atoms with Gasteiger partial charge in [-0.1, -0.05) is 6.92 Å². The van der Waals surface area contributed by atoms with Crippen LogP contribution in [-0.2, 0) is 0 Å². The average molecular weight is 253 g/mol. The zero-order chi connectivity index (χ0) is 12.4. The Hall–Kier alpha value is -1.03. The van der Waals surface area contributed by atoms with Crippen LogP contribution in [0.15, 0.2) is 23.1 Å². The minimum atomic E-state index is -0.392. The summed E-state index contributed by atoms with van der Waals surface area (Å²) in [5.41, 5.74) is 0.519. The summed E-state index contributed by atoms with van der Waals surface area (Å²) < 4.78 is 13.1. The normalized spacial score (nSPS) is 20.4. The summed E-state index contributed by atoms with van der Waals surface area (Å²) in [5, 5.41) is 0. The molecule has 1 unspecified atom stereocenters. The van der Waals surface area contributed by atoms with E-state index in [2.05, 4.69) is 19.6 Å². The number of nitrogens with zero attached hydrogens (tertiary/aromatic N) is 1. The Kier molecular flexibility index (Phi) is 3.72. The predicted molar refractivity (Wildman–Crippen MR) is 68.0 cm³/mol. The van der Waals surface area contributed by atoms with Gasteiger partial charge in [-0.3, -0.25) is 4.79 Å². The predicted octanol–water partition coefficient (Wildman–Crippen LogP) is 2.99. The van der Waals surface area contributed by atoms with E-state index in [1.807, 2.05) is 4.90 Å². The van der Waals surface area contributed by atoms with Crippen LogP contribution >= 0.6 is 12.6 Å². The van der Waals surface area contributed by atoms with Crippen LogP contribution in [0.5, 0.6) is 0 Å². The Morgan fingerprint density at radius 1 is 1.53 bits per heavy atom. The minimum absolute atomic E-state index is 0.0214. The van der Waals surface area contributed by atoms with Crippen molar-refractivity contribution in [2.75, 3.05) is 13.1 Å². The molecule has 0 aliphatic carbocycles. The molecule has 0 saturated carbocycles. The van der Waals surface area contributed by atoms with Gasteiger partial charge in [0.25, 0.3) is 5.91 Å². The lowest BCUT2D eigenvalue weighted by atomic mass is 9.99. The molecule has 1 aromatic rings. The number of halogens is 1. The van der Waals surface area contributed by atoms with Gasteiger partial charge in [-0.2, -0.15) is 0 Å². The van der Waals surface area contributed by atoms with Gasteiger partial charge in [-0.25, -0.2) is 4.39 Å². The van der Waals surface area contributed by atoms with Gasteiger partial charge in [0.15, 0.2) is 0 Å². The summed E-state index contributed by atoms with van der Waals surface area (Å²) in [6.07, 6.45) is 2.22. The van der Waals surface area contributed by atoms with E-state index in [4.69, 9.17) is 0 Å². The molecular weight excluding hydrogens is 237 g/mol. The number of carbonyl (C=O) groups excluding carboxylic acids is 1. The summed E-state index contributed by atoms with van der Waals surface area (Å²) in [7, 11) is 0. The van der Waals surface area contributed by atoms with Crippen molar-refractivity contribution >= 4 is 18.5 Å². The van der Waals surface area contributed by atoms with E-state index in [9.17, 15) is 9.18 Å². The first-order valence-electron chi connectivity index (χ1n) is 5.85. The van der Waals surface area contributed by atoms with Crippen molar-refractivity contribution in [1.82, 2.24) is 4.90 Å². The van der Waals surface area contributed by atoms with Crippen molar-refractivity contribution < 1.29 is 9.18 Å². The molecule has 0 spiro atoms. The second-order valence-electron chi connectivity index (χ2n) is 4.66. The van der Waals surface area contributed by atoms with E-state index in [-0.39, 0.29) is 10.8 Å². The van der Waals surface area contributed by atoms with Gasteiger partial charge in [0.2, 0.25) is 0 Å². The quantitative estimate of drug-likeness (QED) is 0.763. The van der Waals surface area contributed by atoms with Crippen molar-refractivity contribution in [1.29, 1.82) is 0 Å². The molecule has 0 aromatic heterocycles. The number of thiol groups is 1. The molecular formula is C13H16FNOS. The maximum absolute atomic E-state index is 13.1. The fourth-order valence-electron chi connectivity index (χ4n) is 2.20. The van der Waals surface area contributed by atoms with Crippen molar-refractivity contribution in [3.05, 3.63) is 29.6 Å². The van der Waals surface area contributed by atoms with Crippen LogP contribution in [-0.4, -0.2) is 23.9 Å². The minimum Gasteiger partial charge on any atom is -0.338 e. The third-order valence-electron chi connectivity index (χ3n) is 3.14. The highest BCUT2D eigenvalue weighted by Crippen LogP contribution is 2.20. The number of piperidine rings is 1. The number of hydrogen-bond acceptors (Lipinski definition) is 2. The zero-order valence-electron chi connectivity index (χ0n) is 9.82. The summed E-state index contributed by atoms with van der Waals surface area (Å²) in [6.45, 7) is 3.73. The third-order valence-corrected chi connectivity index (χ3v) is 3.48. The summed E-state index contributed by atoms with van der Waals surface area (Å²) in [4.78, 5) is 14.2. The molecule has 2 rings (SSSR count). The van der Waals surface area contributed by atoms with Crippen LogP contribution in [0.1, 0.15) is 30.1 Å². The summed E-state index contributed by atoms with van der Waals surface area (Å²) in [6, 6.07) is 4.32. The molecule has 1 saturated heterocycles. The Labute approximate surface area is 106 Å². The monoisotopic (exact) mass is 253 g/mol. The van der Waals surface area contributed by atoms with E-state index in [1.165, 1.54) is 24.6 Å². The molecule has 0 radical (unpaired) electrons. The Bertz CT molecular complexity index is 435. The van der Waals surface area contributed by atoms with Crippen LogP contribution < -0.4 is 0 Å². The van der Waals surface area contributed by atoms with E-state index >= 15 is 0 Å². The lowest BCUT2D eigenvalue weighted by molar-refractivity contribution is 0.0682. The van der Waals surface area contributed by atoms with Gasteiger partial charge in [0.05, 0.1) is 0 Å². The van der Waals surface area contributed by atoms with Crippen LogP contribution in [0.4, 0.5) is 4.39 Å². The van der Waals surface area contributed by atoms with E-state index in [1.54, 1.807) is 0 Å². The van der Waals surface area contributed by atoms with Crippen LogP contribution in [0.2, 0.25) is 0 Å². The lowest BCUT2D eigenvalue weighted by Gasteiger charge is -2.31. The second-order valence-corrected chi connectivity index (χ2v) is 5.15. The molecule has 0 bridgehead atoms. The van der Waals surface area contributed by atoms with Crippen LogP contribution in [0.25, 0.3) is 0 Å². The van der Waals surface area contributed by atoms with Gasteiger partial charge in [0.1, 0.15) is 5.82 Å². The number of rotatable bonds is 1. The van der Waals surface area contributed by atoms with Gasteiger partial charge in [-0.15, -0.1) is 12.6 Å². The van der Waals surface area contributed by atoms with Gasteiger partial charge < -0.3 is 4.90 Å². The fourth-order valence-corrected chi connectivity index (χ4v) is 2.42. The first kappa shape index (κ1) is 12.4. The van der Waals surface area contributed by atoms with Crippen molar-refractivity contribution in [2.45, 2.75) is 24.7 Å². The van der Waals surface area contributed by atoms with Crippen LogP contribution in [0, 0.1) is 11.7 Å². The molecule has 4 heteroatoms. The number of likely N-dealkylation sites (tertiary alicyclic amines) is 1. The smallest absolute Gasteiger partial charge is 0.253 e. The molecule has 17 heavy (non-hydrogen) atoms. The van der Waals surface area contributed by atoms with Gasteiger partial charge >= 0.3 is 0 Å². The Morgan fingerprint density at radius 2 is 2.29 bits per heavy atom. The number of carbonyl (C=O) groups is 1. The van der Waals surface area contributed by atoms with Crippen molar-refractivity contribution in [3.8, 4) is 0 Å². The number of benzene rings is 1. The highest BCUT2D eigenvalue weighted by Gasteiger charge is 2.22. The topological polar surface area (TPSA) is 20.3 Å². The zero-order valence-corrected chi connectivity index (χ0v) is 10.7. The maximum Gasteiger partial charge on any atom is 0.253 e. The largest absolute Gasteiger partial charge is 0.338 e. The Balaban J connectivity index is 2.15. The highest BCUT2D eigenvalue weighted by molar-refractivity contribution is 7.80. The van der Waals surface area contributed by atoms with Crippen LogP contribution in [0.3, 0.4) is 0 Å². The van der Waals surface area contributed by atoms with E-state index < -0.39 is 5.82 Å². The Morgan fingerprint density at radius 3 is 2.94 bits per heavy atom. The number of amides is 1. The third kappa shape index (κ3) is 2.80. The van der Waals surface area contributed by atoms with Crippen molar-refractivity contribution in [3.63, 3.8) is 0 Å². The molecule has 92 valence electrons. The van der Waals surface area contributed by atoms with Gasteiger partial charge in [0, 0.05) is 23.5 Å². The molecule has 2 nitrogen and oxygen atoms in total. The fraction of sp³-hybridized carbons (Fsp3) is 0.462. The number of hydrogen-bond donors (Lipinski definition) is 1. The first-order valence-corrected chi connectivity index (χ1v) is 6.30. The SMILES string of the molecule is CC1CCCN(C(=O)c2ccc(F)c(S)c2)C1. The molecule has 1 fully saturated rings. The molecule has 1 heterocycles. The second kappa shape index (κ2) is 5.08. The summed E-state index contributed by atoms with van der Waals surface area (Å²) in [5.74, 6) is 0.132. The maximum atomic E-state index is 13.1. The molecule has 0 N–H and O–H groups in total. The molecule has 1 aliphatic rings. The molecule has 1 amide bonds. The average Bonchev–Trinajstić information content (AvgIpc) is 2.32. The molecule has 1 atom stereocenters. The van der Waals surface area contributed by atoms with E-state index in [0.29, 0.717) is 11.5 Å². The molecule has 1 aliphatic heterocycles. The standard InChI is InChI=1S/C13H16FNOS/c1-9-3-2-6-15(8-9)13(16)10-4-5-11(14)12(17)7-10/h4-5,7,9,17H,2-3,6,8H2,1H3. The highest BCUT2D eigenvalue weighted by atomic mass is 32.1. The van der Waals surface area contributed by atoms with Gasteiger partial charge in [-0.05, 0) is 37.0 Å². The van der Waals surface area contributed by atoms with Crippen molar-refractivity contribution in [2.24, 2.45) is 5.92 Å². The first-order chi connectivity index (χ1) is 8.08. The molecule has 1 aromatic carbocycles. The lowest BCUT2D eigenvalue weighted by Crippen LogP contribution is -2.39. The van der Waals surface area contributed by atoms with E-state index in [0.717, 1.165) is 19.5 Å². The summed E-state index contributed by atoms with van der Waals surface area (Å²) >= 11 is 4.00.